The van der Waals surface area contributed by atoms with Crippen LogP contribution < -0.4 is 5.43 Å². The molecule has 0 aliphatic heterocycles. The van der Waals surface area contributed by atoms with Crippen LogP contribution in [0.3, 0.4) is 0 Å². The molecule has 5 rings (SSSR count). The van der Waals surface area contributed by atoms with Crippen molar-refractivity contribution in [3.63, 3.8) is 0 Å². The van der Waals surface area contributed by atoms with Crippen molar-refractivity contribution in [2.75, 3.05) is 5.75 Å². The minimum atomic E-state index is -0.183. The van der Waals surface area contributed by atoms with Crippen molar-refractivity contribution in [3.8, 4) is 11.1 Å². The Morgan fingerprint density at radius 2 is 1.50 bits per heavy atom. The van der Waals surface area contributed by atoms with Crippen molar-refractivity contribution in [1.29, 1.82) is 0 Å². The number of hydrazone groups is 1. The smallest absolute Gasteiger partial charge is 0.250 e. The molecule has 0 radical (unpaired) electrons. The molecule has 4 aromatic carbocycles. The van der Waals surface area contributed by atoms with Crippen LogP contribution in [0, 0.1) is 0 Å². The molecule has 5 nitrogen and oxygen atoms in total. The first-order chi connectivity index (χ1) is 17.7. The van der Waals surface area contributed by atoms with Gasteiger partial charge in [-0.3, -0.25) is 4.79 Å². The monoisotopic (exact) mass is 526 g/mol. The van der Waals surface area contributed by atoms with E-state index in [9.17, 15) is 4.79 Å². The van der Waals surface area contributed by atoms with E-state index in [1.165, 1.54) is 39.4 Å². The molecule has 36 heavy (non-hydrogen) atoms. The number of nitrogens with one attached hydrogen (secondary N) is 1. The minimum Gasteiger partial charge on any atom is -0.272 e. The van der Waals surface area contributed by atoms with Crippen LogP contribution >= 0.6 is 34.9 Å². The second-order valence-electron chi connectivity index (χ2n) is 7.83. The topological polar surface area (TPSA) is 67.2 Å². The van der Waals surface area contributed by atoms with Crippen molar-refractivity contribution >= 4 is 57.8 Å². The van der Waals surface area contributed by atoms with Gasteiger partial charge in [-0.2, -0.15) is 5.10 Å². The van der Waals surface area contributed by atoms with Gasteiger partial charge in [0.15, 0.2) is 8.68 Å². The summed E-state index contributed by atoms with van der Waals surface area (Å²) in [4.78, 5) is 12.2. The highest BCUT2D eigenvalue weighted by Crippen LogP contribution is 2.32. The lowest BCUT2D eigenvalue weighted by atomic mass is 10.0. The SMILES string of the molecule is O=C(CSc1nnc(SCc2cccc3ccccc23)s1)N/N=C\c1ccc(-c2ccccc2)cc1. The number of benzene rings is 4. The third kappa shape index (κ3) is 6.40. The molecule has 0 saturated carbocycles. The van der Waals surface area contributed by atoms with Crippen molar-refractivity contribution in [2.24, 2.45) is 5.10 Å². The molecule has 1 amide bonds. The molecule has 0 bridgehead atoms. The number of amides is 1. The number of nitrogens with zero attached hydrogens (tertiary/aromatic N) is 3. The van der Waals surface area contributed by atoms with Gasteiger partial charge < -0.3 is 0 Å². The zero-order valence-corrected chi connectivity index (χ0v) is 21.7. The van der Waals surface area contributed by atoms with E-state index in [-0.39, 0.29) is 11.7 Å². The highest BCUT2D eigenvalue weighted by molar-refractivity contribution is 8.03. The average molecular weight is 527 g/mol. The zero-order chi connectivity index (χ0) is 24.6. The van der Waals surface area contributed by atoms with Crippen LogP contribution in [0.25, 0.3) is 21.9 Å². The molecule has 5 aromatic rings. The van der Waals surface area contributed by atoms with Crippen LogP contribution in [-0.2, 0) is 10.5 Å². The first-order valence-corrected chi connectivity index (χ1v) is 14.1. The summed E-state index contributed by atoms with van der Waals surface area (Å²) in [6, 6.07) is 33.0. The highest BCUT2D eigenvalue weighted by atomic mass is 32.2. The Bertz CT molecular complexity index is 1480. The summed E-state index contributed by atoms with van der Waals surface area (Å²) < 4.78 is 1.66. The molecule has 0 spiro atoms. The second-order valence-corrected chi connectivity index (χ2v) is 11.3. The van der Waals surface area contributed by atoms with Gasteiger partial charge in [0.25, 0.3) is 5.91 Å². The quantitative estimate of drug-likeness (QED) is 0.129. The minimum absolute atomic E-state index is 0.183. The van der Waals surface area contributed by atoms with Gasteiger partial charge in [-0.25, -0.2) is 5.43 Å². The van der Waals surface area contributed by atoms with Gasteiger partial charge in [0.05, 0.1) is 12.0 Å². The van der Waals surface area contributed by atoms with E-state index >= 15 is 0 Å². The van der Waals surface area contributed by atoms with Gasteiger partial charge in [0, 0.05) is 5.75 Å². The lowest BCUT2D eigenvalue weighted by Crippen LogP contribution is -2.19. The Morgan fingerprint density at radius 1 is 0.806 bits per heavy atom. The fourth-order valence-corrected chi connectivity index (χ4v) is 6.42. The third-order valence-electron chi connectivity index (χ3n) is 5.37. The average Bonchev–Trinajstić information content (AvgIpc) is 3.39. The number of aromatic nitrogens is 2. The van der Waals surface area contributed by atoms with E-state index in [2.05, 4.69) is 75.3 Å². The van der Waals surface area contributed by atoms with E-state index in [0.29, 0.717) is 0 Å². The molecule has 0 unspecified atom stereocenters. The molecule has 0 saturated heterocycles. The number of fused-ring (bicyclic) bond motifs is 1. The number of hydrogen-bond acceptors (Lipinski definition) is 7. The van der Waals surface area contributed by atoms with Crippen LogP contribution in [0.4, 0.5) is 0 Å². The Labute approximate surface area is 222 Å². The Kier molecular flexibility index (Phi) is 8.07. The maximum Gasteiger partial charge on any atom is 0.250 e. The lowest BCUT2D eigenvalue weighted by molar-refractivity contribution is -0.118. The van der Waals surface area contributed by atoms with Crippen LogP contribution in [0.1, 0.15) is 11.1 Å². The molecular weight excluding hydrogens is 505 g/mol. The second kappa shape index (κ2) is 12.0. The zero-order valence-electron chi connectivity index (χ0n) is 19.2. The predicted molar refractivity (Wildman–Crippen MR) is 152 cm³/mol. The van der Waals surface area contributed by atoms with E-state index in [1.807, 2.05) is 42.5 Å². The molecule has 0 atom stereocenters. The summed E-state index contributed by atoms with van der Waals surface area (Å²) in [6.45, 7) is 0. The van der Waals surface area contributed by atoms with Gasteiger partial charge in [0.2, 0.25) is 0 Å². The van der Waals surface area contributed by atoms with Gasteiger partial charge in [-0.05, 0) is 33.0 Å². The first kappa shape index (κ1) is 24.2. The van der Waals surface area contributed by atoms with Crippen LogP contribution in [0.5, 0.6) is 0 Å². The summed E-state index contributed by atoms with van der Waals surface area (Å²) in [5.74, 6) is 0.868. The van der Waals surface area contributed by atoms with Crippen LogP contribution in [0.2, 0.25) is 0 Å². The van der Waals surface area contributed by atoms with Crippen LogP contribution in [-0.4, -0.2) is 28.1 Å². The van der Waals surface area contributed by atoms with Crippen LogP contribution in [0.15, 0.2) is 111 Å². The van der Waals surface area contributed by atoms with Crippen molar-refractivity contribution in [1.82, 2.24) is 15.6 Å². The predicted octanol–water partition coefficient (Wildman–Crippen LogP) is 6.89. The van der Waals surface area contributed by atoms with Crippen molar-refractivity contribution in [3.05, 3.63) is 108 Å². The van der Waals surface area contributed by atoms with E-state index in [1.54, 1.807) is 18.0 Å². The molecule has 178 valence electrons. The lowest BCUT2D eigenvalue weighted by Gasteiger charge is -2.04. The first-order valence-electron chi connectivity index (χ1n) is 11.3. The Hall–Kier alpha value is -3.46. The summed E-state index contributed by atoms with van der Waals surface area (Å²) >= 11 is 4.53. The summed E-state index contributed by atoms with van der Waals surface area (Å²) in [6.07, 6.45) is 1.64. The molecule has 8 heteroatoms. The molecule has 0 fully saturated rings. The number of thioether (sulfide) groups is 2. The third-order valence-corrected chi connectivity index (χ3v) is 8.61. The fourth-order valence-electron chi connectivity index (χ4n) is 3.60. The van der Waals surface area contributed by atoms with Gasteiger partial charge in [-0.1, -0.05) is 132 Å². The highest BCUT2D eigenvalue weighted by Gasteiger charge is 2.09. The molecule has 1 N–H and O–H groups in total. The fraction of sp³-hybridized carbons (Fsp3) is 0.0714. The Balaban J connectivity index is 1.08. The molecule has 1 heterocycles. The van der Waals surface area contributed by atoms with Gasteiger partial charge >= 0.3 is 0 Å². The summed E-state index contributed by atoms with van der Waals surface area (Å²) in [5, 5.41) is 15.1. The number of carbonyl (C=O) groups excluding carboxylic acids is 1. The van der Waals surface area contributed by atoms with E-state index in [0.717, 1.165) is 31.1 Å². The number of rotatable bonds is 9. The normalized spacial score (nSPS) is 11.2. The standard InChI is InChI=1S/C28H22N4OS3/c33-26(30-29-17-20-13-15-22(16-14-20)21-7-2-1-3-8-21)19-35-28-32-31-27(36-28)34-18-24-11-6-10-23-9-4-5-12-25(23)24/h1-17H,18-19H2,(H,30,33)/b29-17-. The maximum absolute atomic E-state index is 12.2. The molecule has 1 aromatic heterocycles. The van der Waals surface area contributed by atoms with Crippen molar-refractivity contribution < 1.29 is 4.79 Å². The molecule has 0 aliphatic carbocycles. The van der Waals surface area contributed by atoms with Crippen molar-refractivity contribution in [2.45, 2.75) is 14.4 Å². The molecule has 0 aliphatic rings. The number of hydrogen-bond donors (Lipinski definition) is 1. The molecular formula is C28H22N4OS3. The van der Waals surface area contributed by atoms with Gasteiger partial charge in [-0.15, -0.1) is 10.2 Å². The Morgan fingerprint density at radius 3 is 2.33 bits per heavy atom. The summed E-state index contributed by atoms with van der Waals surface area (Å²) in [7, 11) is 0. The maximum atomic E-state index is 12.2. The van der Waals surface area contributed by atoms with Gasteiger partial charge in [0.1, 0.15) is 0 Å². The van der Waals surface area contributed by atoms with E-state index in [4.69, 9.17) is 0 Å². The van der Waals surface area contributed by atoms with E-state index < -0.39 is 0 Å². The summed E-state index contributed by atoms with van der Waals surface area (Å²) in [5.41, 5.74) is 7.07. The largest absolute Gasteiger partial charge is 0.272 e. The number of carbonyl (C=O) groups is 1.